The molecule has 0 bridgehead atoms. The average molecular weight is 418 g/mol. The number of amides is 1. The van der Waals surface area contributed by atoms with Crippen LogP contribution in [-0.4, -0.2) is 51.3 Å². The first-order valence-electron chi connectivity index (χ1n) is 9.94. The van der Waals surface area contributed by atoms with Crippen molar-refractivity contribution in [3.63, 3.8) is 0 Å². The molecule has 3 rings (SSSR count). The third-order valence-electron chi connectivity index (χ3n) is 5.18. The SMILES string of the molecule is CCCC(=O)N1CCCC1C(=O)OCC(=O)c1cc(C)n(-c2nc(C)cs2)c1C. The molecule has 2 aromatic heterocycles. The second-order valence-corrected chi connectivity index (χ2v) is 8.25. The lowest BCUT2D eigenvalue weighted by Gasteiger charge is -2.23. The summed E-state index contributed by atoms with van der Waals surface area (Å²) in [5, 5.41) is 2.77. The van der Waals surface area contributed by atoms with Gasteiger partial charge in [-0.3, -0.25) is 14.2 Å². The molecule has 1 aliphatic heterocycles. The molecule has 1 fully saturated rings. The molecule has 3 heterocycles. The summed E-state index contributed by atoms with van der Waals surface area (Å²) in [4.78, 5) is 43.5. The van der Waals surface area contributed by atoms with Crippen LogP contribution in [0.4, 0.5) is 0 Å². The number of hydrogen-bond acceptors (Lipinski definition) is 6. The molecule has 8 heteroatoms. The van der Waals surface area contributed by atoms with Gasteiger partial charge in [-0.1, -0.05) is 6.92 Å². The van der Waals surface area contributed by atoms with Crippen LogP contribution in [-0.2, 0) is 14.3 Å². The van der Waals surface area contributed by atoms with Gasteiger partial charge in [-0.15, -0.1) is 11.3 Å². The average Bonchev–Trinajstić information content (AvgIpc) is 3.39. The molecule has 0 aliphatic carbocycles. The second-order valence-electron chi connectivity index (χ2n) is 7.42. The number of carbonyl (C=O) groups excluding carboxylic acids is 3. The molecular weight excluding hydrogens is 390 g/mol. The molecule has 0 saturated carbocycles. The Morgan fingerprint density at radius 2 is 2.03 bits per heavy atom. The first-order valence-corrected chi connectivity index (χ1v) is 10.8. The van der Waals surface area contributed by atoms with Gasteiger partial charge in [-0.05, 0) is 46.1 Å². The number of rotatable bonds is 7. The normalized spacial score (nSPS) is 16.3. The van der Waals surface area contributed by atoms with E-state index in [2.05, 4.69) is 4.98 Å². The minimum absolute atomic E-state index is 0.0273. The number of ketones is 1. The zero-order chi connectivity index (χ0) is 21.1. The predicted molar refractivity (Wildman–Crippen MR) is 111 cm³/mol. The van der Waals surface area contributed by atoms with Gasteiger partial charge in [0.2, 0.25) is 11.7 Å². The Kier molecular flexibility index (Phi) is 6.52. The van der Waals surface area contributed by atoms with Crippen LogP contribution < -0.4 is 0 Å². The first kappa shape index (κ1) is 21.2. The van der Waals surface area contributed by atoms with E-state index in [-0.39, 0.29) is 18.3 Å². The van der Waals surface area contributed by atoms with E-state index in [0.717, 1.165) is 35.1 Å². The molecule has 1 saturated heterocycles. The summed E-state index contributed by atoms with van der Waals surface area (Å²) in [6, 6.07) is 1.22. The molecule has 29 heavy (non-hydrogen) atoms. The maximum Gasteiger partial charge on any atom is 0.329 e. The highest BCUT2D eigenvalue weighted by Crippen LogP contribution is 2.24. The van der Waals surface area contributed by atoms with Gasteiger partial charge in [0.25, 0.3) is 0 Å². The molecule has 1 atom stereocenters. The highest BCUT2D eigenvalue weighted by atomic mass is 32.1. The standard InChI is InChI=1S/C21H27N3O4S/c1-5-7-19(26)23-9-6-8-17(23)20(27)28-11-18(25)16-10-14(3)24(15(16)4)21-22-13(2)12-29-21/h10,12,17H,5-9,11H2,1-4H3. The fraction of sp³-hybridized carbons (Fsp3) is 0.524. The Hall–Kier alpha value is -2.48. The number of hydrogen-bond donors (Lipinski definition) is 0. The lowest BCUT2D eigenvalue weighted by atomic mass is 10.1. The molecule has 0 aromatic carbocycles. The summed E-state index contributed by atoms with van der Waals surface area (Å²) in [5.41, 5.74) is 3.13. The summed E-state index contributed by atoms with van der Waals surface area (Å²) in [7, 11) is 0. The van der Waals surface area contributed by atoms with Gasteiger partial charge in [0.05, 0.1) is 5.69 Å². The monoisotopic (exact) mass is 417 g/mol. The number of nitrogens with zero attached hydrogens (tertiary/aromatic N) is 3. The number of Topliss-reactive ketones (excluding diaryl/α,β-unsaturated/α-hetero) is 1. The van der Waals surface area contributed by atoms with Gasteiger partial charge in [-0.25, -0.2) is 9.78 Å². The van der Waals surface area contributed by atoms with Crippen LogP contribution in [0.2, 0.25) is 0 Å². The molecule has 0 N–H and O–H groups in total. The Morgan fingerprint density at radius 3 is 2.69 bits per heavy atom. The predicted octanol–water partition coefficient (Wildman–Crippen LogP) is 3.38. The Bertz CT molecular complexity index is 931. The van der Waals surface area contributed by atoms with Crippen molar-refractivity contribution in [3.8, 4) is 5.13 Å². The van der Waals surface area contributed by atoms with E-state index < -0.39 is 12.0 Å². The third kappa shape index (κ3) is 4.42. The van der Waals surface area contributed by atoms with Crippen LogP contribution in [0.1, 0.15) is 60.0 Å². The lowest BCUT2D eigenvalue weighted by molar-refractivity contribution is -0.152. The molecule has 1 amide bonds. The number of carbonyl (C=O) groups is 3. The number of thiazole rings is 1. The number of esters is 1. The van der Waals surface area contributed by atoms with Crippen molar-refractivity contribution in [2.45, 2.75) is 59.4 Å². The van der Waals surface area contributed by atoms with Crippen LogP contribution in [0, 0.1) is 20.8 Å². The van der Waals surface area contributed by atoms with Crippen LogP contribution in [0.5, 0.6) is 0 Å². The van der Waals surface area contributed by atoms with Gasteiger partial charge >= 0.3 is 5.97 Å². The Balaban J connectivity index is 1.67. The number of aryl methyl sites for hydroxylation is 2. The van der Waals surface area contributed by atoms with E-state index in [4.69, 9.17) is 4.74 Å². The summed E-state index contributed by atoms with van der Waals surface area (Å²) < 4.78 is 7.25. The van der Waals surface area contributed by atoms with E-state index >= 15 is 0 Å². The van der Waals surface area contributed by atoms with Gasteiger partial charge in [0, 0.05) is 35.3 Å². The van der Waals surface area contributed by atoms with Crippen molar-refractivity contribution in [2.75, 3.05) is 13.2 Å². The van der Waals surface area contributed by atoms with Gasteiger partial charge in [0.15, 0.2) is 11.7 Å². The number of aromatic nitrogens is 2. The zero-order valence-electron chi connectivity index (χ0n) is 17.4. The highest BCUT2D eigenvalue weighted by Gasteiger charge is 2.35. The van der Waals surface area contributed by atoms with E-state index in [1.54, 1.807) is 11.0 Å². The van der Waals surface area contributed by atoms with Crippen LogP contribution in [0.3, 0.4) is 0 Å². The highest BCUT2D eigenvalue weighted by molar-refractivity contribution is 7.12. The molecular formula is C21H27N3O4S. The van der Waals surface area contributed by atoms with Crippen LogP contribution >= 0.6 is 11.3 Å². The zero-order valence-corrected chi connectivity index (χ0v) is 18.2. The van der Waals surface area contributed by atoms with E-state index in [9.17, 15) is 14.4 Å². The van der Waals surface area contributed by atoms with E-state index in [1.807, 2.05) is 37.6 Å². The van der Waals surface area contributed by atoms with Gasteiger partial charge in [-0.2, -0.15) is 0 Å². The number of ether oxygens (including phenoxy) is 1. The van der Waals surface area contributed by atoms with E-state index in [1.165, 1.54) is 11.3 Å². The van der Waals surface area contributed by atoms with Crippen molar-refractivity contribution in [2.24, 2.45) is 0 Å². The number of likely N-dealkylation sites (tertiary alicyclic amines) is 1. The molecule has 1 aliphatic rings. The summed E-state index contributed by atoms with van der Waals surface area (Å²) in [6.45, 7) is 7.89. The molecule has 7 nitrogen and oxygen atoms in total. The smallest absolute Gasteiger partial charge is 0.329 e. The summed E-state index contributed by atoms with van der Waals surface area (Å²) >= 11 is 1.52. The van der Waals surface area contributed by atoms with Crippen molar-refractivity contribution in [1.29, 1.82) is 0 Å². The minimum Gasteiger partial charge on any atom is -0.456 e. The summed E-state index contributed by atoms with van der Waals surface area (Å²) in [5.74, 6) is -0.777. The fourth-order valence-corrected chi connectivity index (χ4v) is 4.67. The van der Waals surface area contributed by atoms with Crippen LogP contribution in [0.15, 0.2) is 11.4 Å². The Labute approximate surface area is 174 Å². The van der Waals surface area contributed by atoms with Crippen molar-refractivity contribution < 1.29 is 19.1 Å². The molecule has 0 radical (unpaired) electrons. The third-order valence-corrected chi connectivity index (χ3v) is 6.13. The van der Waals surface area contributed by atoms with Gasteiger partial charge < -0.3 is 9.64 Å². The van der Waals surface area contributed by atoms with Gasteiger partial charge in [0.1, 0.15) is 6.04 Å². The Morgan fingerprint density at radius 1 is 1.28 bits per heavy atom. The minimum atomic E-state index is -0.576. The van der Waals surface area contributed by atoms with Crippen molar-refractivity contribution >= 4 is 29.0 Å². The van der Waals surface area contributed by atoms with Crippen LogP contribution in [0.25, 0.3) is 5.13 Å². The summed E-state index contributed by atoms with van der Waals surface area (Å²) in [6.07, 6.45) is 2.52. The fourth-order valence-electron chi connectivity index (χ4n) is 3.76. The first-order chi connectivity index (χ1) is 13.8. The van der Waals surface area contributed by atoms with Crippen molar-refractivity contribution in [1.82, 2.24) is 14.5 Å². The molecule has 2 aromatic rings. The van der Waals surface area contributed by atoms with E-state index in [0.29, 0.717) is 24.9 Å². The maximum absolute atomic E-state index is 12.7. The lowest BCUT2D eigenvalue weighted by Crippen LogP contribution is -2.41. The molecule has 0 spiro atoms. The molecule has 156 valence electrons. The van der Waals surface area contributed by atoms with Crippen molar-refractivity contribution in [3.05, 3.63) is 34.1 Å². The topological polar surface area (TPSA) is 81.5 Å². The second kappa shape index (κ2) is 8.90. The maximum atomic E-state index is 12.7. The molecule has 1 unspecified atom stereocenters. The quantitative estimate of drug-likeness (QED) is 0.510. The largest absolute Gasteiger partial charge is 0.456 e.